The molecule has 1 fully saturated rings. The van der Waals surface area contributed by atoms with Crippen molar-refractivity contribution in [2.75, 3.05) is 18.1 Å². The Morgan fingerprint density at radius 1 is 1.38 bits per heavy atom. The van der Waals surface area contributed by atoms with Crippen molar-refractivity contribution >= 4 is 15.8 Å². The molecule has 0 spiro atoms. The Balaban J connectivity index is 2.17. The number of rotatable bonds is 4. The lowest BCUT2D eigenvalue weighted by Gasteiger charge is -2.34. The molecule has 1 aliphatic rings. The quantitative estimate of drug-likeness (QED) is 0.845. The molecule has 2 rings (SSSR count). The van der Waals surface area contributed by atoms with E-state index in [0.29, 0.717) is 5.56 Å². The van der Waals surface area contributed by atoms with E-state index in [1.165, 1.54) is 12.1 Å². The predicted octanol–water partition coefficient (Wildman–Crippen LogP) is 0.605. The lowest BCUT2D eigenvalue weighted by molar-refractivity contribution is -0.138. The summed E-state index contributed by atoms with van der Waals surface area (Å²) in [6.45, 7) is 0.385. The summed E-state index contributed by atoms with van der Waals surface area (Å²) in [6, 6.07) is 2.94. The summed E-state index contributed by atoms with van der Waals surface area (Å²) >= 11 is 0. The molecule has 1 aliphatic heterocycles. The van der Waals surface area contributed by atoms with Crippen LogP contribution in [0.25, 0.3) is 0 Å². The Labute approximate surface area is 121 Å². The summed E-state index contributed by atoms with van der Waals surface area (Å²) in [5.74, 6) is -2.16. The van der Waals surface area contributed by atoms with E-state index in [2.05, 4.69) is 0 Å². The van der Waals surface area contributed by atoms with Crippen LogP contribution in [-0.2, 0) is 21.2 Å². The SMILES string of the molecule is O=C(O)CC1CS(=O)(=O)CCN1Cc1cc(O)cc(F)c1. The van der Waals surface area contributed by atoms with Crippen molar-refractivity contribution in [2.45, 2.75) is 19.0 Å². The second kappa shape index (κ2) is 5.98. The van der Waals surface area contributed by atoms with Gasteiger partial charge in [-0.05, 0) is 17.7 Å². The largest absolute Gasteiger partial charge is 0.508 e. The lowest BCUT2D eigenvalue weighted by atomic mass is 10.1. The number of sulfone groups is 1. The van der Waals surface area contributed by atoms with Crippen LogP contribution < -0.4 is 0 Å². The first-order chi connectivity index (χ1) is 9.75. The Morgan fingerprint density at radius 2 is 2.10 bits per heavy atom. The standard InChI is InChI=1S/C13H16FNO5S/c14-10-3-9(4-12(16)5-10)7-15-1-2-21(19,20)8-11(15)6-13(17)18/h3-5,11,16H,1-2,6-8H2,(H,17,18). The van der Waals surface area contributed by atoms with Crippen LogP contribution >= 0.6 is 0 Å². The third-order valence-electron chi connectivity index (χ3n) is 3.39. The first-order valence-corrected chi connectivity index (χ1v) is 8.22. The van der Waals surface area contributed by atoms with Crippen LogP contribution in [0, 0.1) is 5.82 Å². The van der Waals surface area contributed by atoms with Gasteiger partial charge in [-0.15, -0.1) is 0 Å². The fraction of sp³-hybridized carbons (Fsp3) is 0.462. The minimum Gasteiger partial charge on any atom is -0.508 e. The summed E-state index contributed by atoms with van der Waals surface area (Å²) < 4.78 is 36.5. The average Bonchev–Trinajstić information content (AvgIpc) is 2.30. The van der Waals surface area contributed by atoms with Crippen molar-refractivity contribution < 1.29 is 27.8 Å². The van der Waals surface area contributed by atoms with Crippen molar-refractivity contribution in [1.29, 1.82) is 0 Å². The van der Waals surface area contributed by atoms with Gasteiger partial charge in [0, 0.05) is 25.2 Å². The molecule has 0 aromatic heterocycles. The topological polar surface area (TPSA) is 94.9 Å². The maximum absolute atomic E-state index is 13.2. The fourth-order valence-electron chi connectivity index (χ4n) is 2.48. The molecule has 21 heavy (non-hydrogen) atoms. The van der Waals surface area contributed by atoms with Crippen molar-refractivity contribution in [1.82, 2.24) is 4.90 Å². The molecule has 1 heterocycles. The van der Waals surface area contributed by atoms with Crippen molar-refractivity contribution in [2.24, 2.45) is 0 Å². The van der Waals surface area contributed by atoms with E-state index in [9.17, 15) is 22.7 Å². The Bertz CT molecular complexity index is 626. The Kier molecular flexibility index (Phi) is 4.48. The summed E-state index contributed by atoms with van der Waals surface area (Å²) in [6.07, 6.45) is -0.291. The molecule has 0 saturated carbocycles. The van der Waals surface area contributed by atoms with Gasteiger partial charge in [0.1, 0.15) is 11.6 Å². The highest BCUT2D eigenvalue weighted by molar-refractivity contribution is 7.91. The zero-order chi connectivity index (χ0) is 15.6. The number of carbonyl (C=O) groups is 1. The maximum Gasteiger partial charge on any atom is 0.304 e. The summed E-state index contributed by atoms with van der Waals surface area (Å²) in [5.41, 5.74) is 0.474. The third kappa shape index (κ3) is 4.40. The monoisotopic (exact) mass is 317 g/mol. The van der Waals surface area contributed by atoms with E-state index in [1.807, 2.05) is 0 Å². The molecule has 1 saturated heterocycles. The molecule has 1 atom stereocenters. The number of phenolic OH excluding ortho intramolecular Hbond substituents is 1. The van der Waals surface area contributed by atoms with Gasteiger partial charge in [-0.1, -0.05) is 0 Å². The van der Waals surface area contributed by atoms with Crippen LogP contribution in [0.15, 0.2) is 18.2 Å². The molecule has 0 amide bonds. The molecule has 6 nitrogen and oxygen atoms in total. The van der Waals surface area contributed by atoms with Gasteiger partial charge in [-0.2, -0.15) is 0 Å². The smallest absolute Gasteiger partial charge is 0.304 e. The van der Waals surface area contributed by atoms with Gasteiger partial charge < -0.3 is 10.2 Å². The van der Waals surface area contributed by atoms with Crippen LogP contribution in [-0.4, -0.2) is 53.6 Å². The van der Waals surface area contributed by atoms with E-state index in [4.69, 9.17) is 5.11 Å². The van der Waals surface area contributed by atoms with E-state index in [-0.39, 0.29) is 36.8 Å². The van der Waals surface area contributed by atoms with Gasteiger partial charge in [0.15, 0.2) is 9.84 Å². The highest BCUT2D eigenvalue weighted by Gasteiger charge is 2.32. The first kappa shape index (κ1) is 15.7. The fourth-order valence-corrected chi connectivity index (χ4v) is 4.07. The van der Waals surface area contributed by atoms with Crippen molar-refractivity contribution in [3.05, 3.63) is 29.6 Å². The number of phenols is 1. The first-order valence-electron chi connectivity index (χ1n) is 6.40. The minimum atomic E-state index is -3.25. The average molecular weight is 317 g/mol. The zero-order valence-electron chi connectivity index (χ0n) is 11.2. The number of hydrogen-bond acceptors (Lipinski definition) is 5. The molecule has 8 heteroatoms. The molecule has 0 radical (unpaired) electrons. The molecule has 1 unspecified atom stereocenters. The van der Waals surface area contributed by atoms with Gasteiger partial charge in [0.25, 0.3) is 0 Å². The van der Waals surface area contributed by atoms with Gasteiger partial charge in [0.05, 0.1) is 17.9 Å². The number of aliphatic carboxylic acids is 1. The Morgan fingerprint density at radius 3 is 2.71 bits per heavy atom. The number of carboxylic acids is 1. The lowest BCUT2D eigenvalue weighted by Crippen LogP contribution is -2.48. The second-order valence-corrected chi connectivity index (χ2v) is 7.38. The second-order valence-electron chi connectivity index (χ2n) is 5.15. The molecular formula is C13H16FNO5S. The van der Waals surface area contributed by atoms with Gasteiger partial charge in [0.2, 0.25) is 0 Å². The third-order valence-corrected chi connectivity index (χ3v) is 5.09. The maximum atomic E-state index is 13.2. The van der Waals surface area contributed by atoms with Crippen molar-refractivity contribution in [3.8, 4) is 5.75 Å². The Hall–Kier alpha value is -1.67. The summed E-state index contributed by atoms with van der Waals surface area (Å²) in [4.78, 5) is 12.6. The van der Waals surface area contributed by atoms with Crippen LogP contribution in [0.3, 0.4) is 0 Å². The number of halogens is 1. The van der Waals surface area contributed by atoms with Crippen LogP contribution in [0.1, 0.15) is 12.0 Å². The van der Waals surface area contributed by atoms with Crippen LogP contribution in [0.4, 0.5) is 4.39 Å². The number of aromatic hydroxyl groups is 1. The van der Waals surface area contributed by atoms with E-state index >= 15 is 0 Å². The molecular weight excluding hydrogens is 301 g/mol. The van der Waals surface area contributed by atoms with Crippen molar-refractivity contribution in [3.63, 3.8) is 0 Å². The number of benzene rings is 1. The number of carboxylic acid groups (broad SMARTS) is 1. The molecule has 2 N–H and O–H groups in total. The predicted molar refractivity (Wildman–Crippen MR) is 73.2 cm³/mol. The van der Waals surface area contributed by atoms with Crippen LogP contribution in [0.2, 0.25) is 0 Å². The van der Waals surface area contributed by atoms with E-state index in [0.717, 1.165) is 6.07 Å². The normalized spacial score (nSPS) is 22.0. The van der Waals surface area contributed by atoms with E-state index < -0.39 is 27.7 Å². The number of hydrogen-bond donors (Lipinski definition) is 2. The molecule has 1 aromatic carbocycles. The molecule has 116 valence electrons. The molecule has 0 bridgehead atoms. The summed E-state index contributed by atoms with van der Waals surface area (Å²) in [7, 11) is -3.25. The molecule has 1 aromatic rings. The van der Waals surface area contributed by atoms with Gasteiger partial charge in [-0.25, -0.2) is 12.8 Å². The highest BCUT2D eigenvalue weighted by atomic mass is 32.2. The number of nitrogens with zero attached hydrogens (tertiary/aromatic N) is 1. The van der Waals surface area contributed by atoms with E-state index in [1.54, 1.807) is 4.90 Å². The zero-order valence-corrected chi connectivity index (χ0v) is 12.0. The minimum absolute atomic E-state index is 0.0512. The molecule has 0 aliphatic carbocycles. The highest BCUT2D eigenvalue weighted by Crippen LogP contribution is 2.21. The van der Waals surface area contributed by atoms with Gasteiger partial charge in [-0.3, -0.25) is 9.69 Å². The summed E-state index contributed by atoms with van der Waals surface area (Å²) in [5, 5.41) is 18.3. The van der Waals surface area contributed by atoms with Gasteiger partial charge >= 0.3 is 5.97 Å². The van der Waals surface area contributed by atoms with Crippen LogP contribution in [0.5, 0.6) is 5.75 Å².